The van der Waals surface area contributed by atoms with E-state index in [9.17, 15) is 22.8 Å². The molecule has 1 amide bonds. The smallest absolute Gasteiger partial charge is 0.312 e. The van der Waals surface area contributed by atoms with Gasteiger partial charge in [0.1, 0.15) is 5.82 Å². The van der Waals surface area contributed by atoms with E-state index in [0.29, 0.717) is 27.9 Å². The van der Waals surface area contributed by atoms with E-state index in [0.717, 1.165) is 12.1 Å². The minimum atomic E-state index is -4.44. The predicted octanol–water partition coefficient (Wildman–Crippen LogP) is 3.39. The molecule has 9 heteroatoms. The number of carbonyl (C=O) groups is 1. The van der Waals surface area contributed by atoms with Crippen LogP contribution in [0.25, 0.3) is 0 Å². The van der Waals surface area contributed by atoms with Crippen LogP contribution in [0.15, 0.2) is 34.2 Å². The number of alkyl halides is 3. The number of thioether (sulfide) groups is 1. The molecule has 1 aromatic carbocycles. The summed E-state index contributed by atoms with van der Waals surface area (Å²) in [5, 5.41) is 3.17. The number of aromatic nitrogens is 2. The number of nitrogens with one attached hydrogen (secondary N) is 1. The van der Waals surface area contributed by atoms with Gasteiger partial charge in [0.15, 0.2) is 5.16 Å². The minimum Gasteiger partial charge on any atom is -0.312 e. The zero-order valence-corrected chi connectivity index (χ0v) is 14.9. The largest absolute Gasteiger partial charge is 0.416 e. The first-order valence-electron chi connectivity index (χ1n) is 7.93. The van der Waals surface area contributed by atoms with Gasteiger partial charge in [-0.2, -0.15) is 18.2 Å². The Bertz CT molecular complexity index is 907. The number of halogens is 3. The third-order valence-electron chi connectivity index (χ3n) is 4.21. The van der Waals surface area contributed by atoms with Gasteiger partial charge in [-0.25, -0.2) is 0 Å². The van der Waals surface area contributed by atoms with Crippen molar-refractivity contribution < 1.29 is 18.0 Å². The van der Waals surface area contributed by atoms with E-state index in [-0.39, 0.29) is 12.3 Å². The van der Waals surface area contributed by atoms with Crippen molar-refractivity contribution in [2.45, 2.75) is 30.6 Å². The van der Waals surface area contributed by atoms with Crippen LogP contribution in [0.2, 0.25) is 0 Å². The van der Waals surface area contributed by atoms with Crippen LogP contribution in [-0.4, -0.2) is 21.2 Å². The van der Waals surface area contributed by atoms with Gasteiger partial charge in [0.05, 0.1) is 11.1 Å². The Labute approximate surface area is 151 Å². The molecular formula is C17H16F3N3O2S. The average Bonchev–Trinajstić information content (AvgIpc) is 2.58. The summed E-state index contributed by atoms with van der Waals surface area (Å²) in [6, 6.07) is 4.54. The molecule has 2 aromatic rings. The highest BCUT2D eigenvalue weighted by Gasteiger charge is 2.34. The van der Waals surface area contributed by atoms with Gasteiger partial charge in [-0.1, -0.05) is 30.8 Å². The molecule has 1 aromatic heterocycles. The van der Waals surface area contributed by atoms with Crippen LogP contribution in [-0.2, 0) is 18.0 Å². The van der Waals surface area contributed by atoms with Gasteiger partial charge in [0.25, 0.3) is 5.56 Å². The zero-order valence-electron chi connectivity index (χ0n) is 14.1. The molecule has 1 N–H and O–H groups in total. The second kappa shape index (κ2) is 6.79. The van der Waals surface area contributed by atoms with Crippen LogP contribution in [0, 0.1) is 0 Å². The predicted molar refractivity (Wildman–Crippen MR) is 92.4 cm³/mol. The van der Waals surface area contributed by atoms with Crippen LogP contribution < -0.4 is 10.9 Å². The van der Waals surface area contributed by atoms with Crippen LogP contribution in [0.4, 0.5) is 19.0 Å². The topological polar surface area (TPSA) is 64.0 Å². The lowest BCUT2D eigenvalue weighted by Gasteiger charge is -2.27. The van der Waals surface area contributed by atoms with E-state index >= 15 is 0 Å². The van der Waals surface area contributed by atoms with Gasteiger partial charge in [-0.15, -0.1) is 0 Å². The first kappa shape index (κ1) is 18.5. The Hall–Kier alpha value is -2.29. The monoisotopic (exact) mass is 383 g/mol. The maximum atomic E-state index is 12.8. The number of hydrogen-bond acceptors (Lipinski definition) is 4. The summed E-state index contributed by atoms with van der Waals surface area (Å²) in [7, 11) is 1.69. The number of nitrogens with zero attached hydrogens (tertiary/aromatic N) is 2. The number of benzene rings is 1. The van der Waals surface area contributed by atoms with E-state index in [1.165, 1.54) is 23.9 Å². The lowest BCUT2D eigenvalue weighted by atomic mass is 9.86. The van der Waals surface area contributed by atoms with Gasteiger partial charge in [0.2, 0.25) is 5.91 Å². The molecule has 2 heterocycles. The molecule has 0 saturated heterocycles. The van der Waals surface area contributed by atoms with Crippen molar-refractivity contribution in [2.24, 2.45) is 7.05 Å². The Balaban J connectivity index is 2.11. The van der Waals surface area contributed by atoms with Gasteiger partial charge < -0.3 is 9.88 Å². The summed E-state index contributed by atoms with van der Waals surface area (Å²) >= 11 is 1.37. The summed E-state index contributed by atoms with van der Waals surface area (Å²) in [6.07, 6.45) is -4.46. The SMILES string of the molecule is CCSc1nc(=O)c2c(n1C)NC(=O)CC2c1ccc(C(F)(F)F)cc1. The summed E-state index contributed by atoms with van der Waals surface area (Å²) in [6.45, 7) is 1.92. The highest BCUT2D eigenvalue weighted by atomic mass is 32.2. The van der Waals surface area contributed by atoms with Gasteiger partial charge >= 0.3 is 6.18 Å². The Morgan fingerprint density at radius 2 is 1.92 bits per heavy atom. The Morgan fingerprint density at radius 3 is 2.50 bits per heavy atom. The second-order valence-corrected chi connectivity index (χ2v) is 7.11. The number of rotatable bonds is 3. The maximum absolute atomic E-state index is 12.8. The standard InChI is InChI=1S/C17H16F3N3O2S/c1-3-26-16-22-15(25)13-11(8-12(24)21-14(13)23(16)2)9-4-6-10(7-5-9)17(18,19)20/h4-7,11H,3,8H2,1-2H3,(H,21,24). The lowest BCUT2D eigenvalue weighted by Crippen LogP contribution is -2.33. The molecule has 26 heavy (non-hydrogen) atoms. The number of carbonyl (C=O) groups excluding carboxylic acids is 1. The molecule has 0 spiro atoms. The third-order valence-corrected chi connectivity index (χ3v) is 5.13. The van der Waals surface area contributed by atoms with Crippen LogP contribution in [0.3, 0.4) is 0 Å². The van der Waals surface area contributed by atoms with E-state index in [2.05, 4.69) is 10.3 Å². The van der Waals surface area contributed by atoms with Gasteiger partial charge in [0, 0.05) is 19.4 Å². The molecule has 0 saturated carbocycles. The summed E-state index contributed by atoms with van der Waals surface area (Å²) in [4.78, 5) is 28.8. The highest BCUT2D eigenvalue weighted by molar-refractivity contribution is 7.99. The quantitative estimate of drug-likeness (QED) is 0.652. The molecule has 1 atom stereocenters. The maximum Gasteiger partial charge on any atom is 0.416 e. The summed E-state index contributed by atoms with van der Waals surface area (Å²) < 4.78 is 39.9. The highest BCUT2D eigenvalue weighted by Crippen LogP contribution is 2.37. The number of amides is 1. The van der Waals surface area contributed by atoms with E-state index < -0.39 is 23.2 Å². The van der Waals surface area contributed by atoms with Crippen molar-refractivity contribution in [3.8, 4) is 0 Å². The Kier molecular flexibility index (Phi) is 4.83. The first-order chi connectivity index (χ1) is 12.2. The Morgan fingerprint density at radius 1 is 1.27 bits per heavy atom. The van der Waals surface area contributed by atoms with E-state index in [1.54, 1.807) is 11.6 Å². The average molecular weight is 383 g/mol. The van der Waals surface area contributed by atoms with Gasteiger partial charge in [-0.05, 0) is 23.4 Å². The fraction of sp³-hybridized carbons (Fsp3) is 0.353. The van der Waals surface area contributed by atoms with Gasteiger partial charge in [-0.3, -0.25) is 9.59 Å². The number of fused-ring (bicyclic) bond motifs is 1. The summed E-state index contributed by atoms with van der Waals surface area (Å²) in [5.41, 5.74) is -0.474. The molecule has 0 aliphatic carbocycles. The van der Waals surface area contributed by atoms with Crippen molar-refractivity contribution in [1.29, 1.82) is 0 Å². The van der Waals surface area contributed by atoms with E-state index in [4.69, 9.17) is 0 Å². The molecule has 1 unspecified atom stereocenters. The molecule has 0 bridgehead atoms. The van der Waals surface area contributed by atoms with Crippen molar-refractivity contribution in [3.63, 3.8) is 0 Å². The zero-order chi connectivity index (χ0) is 19.1. The molecule has 0 radical (unpaired) electrons. The lowest BCUT2D eigenvalue weighted by molar-refractivity contribution is -0.137. The third kappa shape index (κ3) is 3.35. The number of hydrogen-bond donors (Lipinski definition) is 1. The fourth-order valence-electron chi connectivity index (χ4n) is 2.98. The fourth-order valence-corrected chi connectivity index (χ4v) is 3.67. The molecular weight excluding hydrogens is 367 g/mol. The summed E-state index contributed by atoms with van der Waals surface area (Å²) in [5.74, 6) is 0.126. The van der Waals surface area contributed by atoms with Crippen molar-refractivity contribution in [2.75, 3.05) is 11.1 Å². The molecule has 0 fully saturated rings. The van der Waals surface area contributed by atoms with Crippen LogP contribution >= 0.6 is 11.8 Å². The minimum absolute atomic E-state index is 0.0183. The first-order valence-corrected chi connectivity index (χ1v) is 8.91. The van der Waals surface area contributed by atoms with Crippen LogP contribution in [0.1, 0.15) is 36.0 Å². The van der Waals surface area contributed by atoms with E-state index in [1.807, 2.05) is 6.92 Å². The second-order valence-electron chi connectivity index (χ2n) is 5.88. The molecule has 5 nitrogen and oxygen atoms in total. The van der Waals surface area contributed by atoms with Crippen LogP contribution in [0.5, 0.6) is 0 Å². The number of anilines is 1. The molecule has 138 valence electrons. The van der Waals surface area contributed by atoms with Crippen molar-refractivity contribution in [3.05, 3.63) is 51.3 Å². The normalized spacial score (nSPS) is 17.0. The van der Waals surface area contributed by atoms with Crippen molar-refractivity contribution >= 4 is 23.5 Å². The molecule has 3 rings (SSSR count). The van der Waals surface area contributed by atoms with Crippen molar-refractivity contribution in [1.82, 2.24) is 9.55 Å². The molecule has 1 aliphatic heterocycles. The molecule has 1 aliphatic rings.